The highest BCUT2D eigenvalue weighted by Gasteiger charge is 2.17. The van der Waals surface area contributed by atoms with Gasteiger partial charge in [0.1, 0.15) is 22.9 Å². The highest BCUT2D eigenvalue weighted by molar-refractivity contribution is 6.00. The second-order valence-electron chi connectivity index (χ2n) is 9.75. The fourth-order valence-corrected chi connectivity index (χ4v) is 5.33. The summed E-state index contributed by atoms with van der Waals surface area (Å²) >= 11 is 0. The van der Waals surface area contributed by atoms with Crippen molar-refractivity contribution in [3.05, 3.63) is 78.6 Å². The molecule has 6 heterocycles. The maximum atomic E-state index is 14.0. The van der Waals surface area contributed by atoms with Crippen LogP contribution in [0.25, 0.3) is 55.7 Å². The van der Waals surface area contributed by atoms with Crippen LogP contribution >= 0.6 is 0 Å². The number of phenols is 1. The van der Waals surface area contributed by atoms with E-state index in [1.807, 2.05) is 24.5 Å². The number of hydrogen-bond donors (Lipinski definition) is 3. The second-order valence-corrected chi connectivity index (χ2v) is 9.75. The maximum Gasteiger partial charge on any atom is 0.138 e. The van der Waals surface area contributed by atoms with E-state index in [2.05, 4.69) is 41.1 Å². The summed E-state index contributed by atoms with van der Waals surface area (Å²) in [4.78, 5) is 19.4. The first-order valence-electron chi connectivity index (χ1n) is 12.6. The van der Waals surface area contributed by atoms with Crippen LogP contribution in [0.3, 0.4) is 0 Å². The number of rotatable bonds is 5. The highest BCUT2D eigenvalue weighted by Crippen LogP contribution is 2.35. The van der Waals surface area contributed by atoms with Gasteiger partial charge in [-0.25, -0.2) is 9.37 Å². The molecule has 1 aromatic carbocycles. The molecule has 0 atom stereocenters. The van der Waals surface area contributed by atoms with E-state index < -0.39 is 5.82 Å². The zero-order chi connectivity index (χ0) is 25.6. The molecule has 6 aromatic rings. The molecule has 1 aliphatic heterocycles. The number of nitrogens with one attached hydrogen (secondary N) is 2. The van der Waals surface area contributed by atoms with Crippen LogP contribution in [0.2, 0.25) is 0 Å². The third kappa shape index (κ3) is 4.06. The fraction of sp³-hybridized carbons (Fsp3) is 0.172. The molecule has 0 unspecified atom stereocenters. The largest absolute Gasteiger partial charge is 0.508 e. The second kappa shape index (κ2) is 9.04. The molecule has 8 nitrogen and oxygen atoms in total. The zero-order valence-corrected chi connectivity index (χ0v) is 20.4. The molecule has 3 N–H and O–H groups in total. The summed E-state index contributed by atoms with van der Waals surface area (Å²) < 4.78 is 14.0. The first-order valence-corrected chi connectivity index (χ1v) is 12.6. The van der Waals surface area contributed by atoms with Gasteiger partial charge in [-0.3, -0.25) is 20.0 Å². The summed E-state index contributed by atoms with van der Waals surface area (Å²) in [6.07, 6.45) is 9.73. The summed E-state index contributed by atoms with van der Waals surface area (Å²) in [6.45, 7) is 3.16. The quantitative estimate of drug-likeness (QED) is 0.279. The molecule has 0 saturated carbocycles. The van der Waals surface area contributed by atoms with E-state index in [0.717, 1.165) is 70.2 Å². The standard InChI is InChI=1S/C29H24FN7O/c30-20-8-18(9-21(38)10-20)22-3-4-32-29-23(22)11-26(34-29)28-24-12-25(33-15-27(24)35-36-28)19-7-17(13-31-14-19)16-37-5-1-2-6-37/h3-4,7-15,38H,1-2,5-6,16H2,(H,32,34)(H,35,36). The summed E-state index contributed by atoms with van der Waals surface area (Å²) in [6, 6.07) is 12.0. The Hall–Kier alpha value is -4.63. The lowest BCUT2D eigenvalue weighted by atomic mass is 10.0. The zero-order valence-electron chi connectivity index (χ0n) is 20.4. The molecule has 0 spiro atoms. The van der Waals surface area contributed by atoms with E-state index in [1.165, 1.54) is 30.5 Å². The van der Waals surface area contributed by atoms with Crippen molar-refractivity contribution in [3.63, 3.8) is 0 Å². The first-order chi connectivity index (χ1) is 18.6. The number of fused-ring (bicyclic) bond motifs is 2. The molecule has 38 heavy (non-hydrogen) atoms. The van der Waals surface area contributed by atoms with Crippen LogP contribution in [0, 0.1) is 5.82 Å². The lowest BCUT2D eigenvalue weighted by molar-refractivity contribution is 0.331. The maximum absolute atomic E-state index is 14.0. The number of aromatic nitrogens is 6. The van der Waals surface area contributed by atoms with Gasteiger partial charge in [-0.1, -0.05) is 0 Å². The van der Waals surface area contributed by atoms with Gasteiger partial charge in [0.15, 0.2) is 0 Å². The van der Waals surface area contributed by atoms with Crippen molar-refractivity contribution in [1.82, 2.24) is 35.0 Å². The molecule has 1 fully saturated rings. The summed E-state index contributed by atoms with van der Waals surface area (Å²) in [5.41, 5.74) is 7.24. The molecule has 1 aliphatic rings. The molecule has 7 rings (SSSR count). The van der Waals surface area contributed by atoms with Crippen molar-refractivity contribution >= 4 is 21.9 Å². The molecule has 0 bridgehead atoms. The van der Waals surface area contributed by atoms with Gasteiger partial charge in [0.05, 0.1) is 23.1 Å². The summed E-state index contributed by atoms with van der Waals surface area (Å²) in [5, 5.41) is 19.3. The topological polar surface area (TPSA) is 107 Å². The lowest BCUT2D eigenvalue weighted by Crippen LogP contribution is -2.18. The van der Waals surface area contributed by atoms with E-state index in [9.17, 15) is 9.50 Å². The number of phenolic OH excluding ortho intramolecular Hbond substituents is 1. The van der Waals surface area contributed by atoms with E-state index in [1.54, 1.807) is 18.5 Å². The summed E-state index contributed by atoms with van der Waals surface area (Å²) in [5.74, 6) is -0.629. The van der Waals surface area contributed by atoms with Gasteiger partial charge >= 0.3 is 0 Å². The van der Waals surface area contributed by atoms with Gasteiger partial charge in [0.2, 0.25) is 0 Å². The Morgan fingerprint density at radius 2 is 1.82 bits per heavy atom. The molecular weight excluding hydrogens is 481 g/mol. The smallest absolute Gasteiger partial charge is 0.138 e. The Kier molecular flexibility index (Phi) is 5.36. The number of H-pyrrole nitrogens is 2. The predicted molar refractivity (Wildman–Crippen MR) is 144 cm³/mol. The third-order valence-corrected chi connectivity index (χ3v) is 7.12. The molecule has 5 aromatic heterocycles. The molecular formula is C29H24FN7O. The fourth-order valence-electron chi connectivity index (χ4n) is 5.33. The predicted octanol–water partition coefficient (Wildman–Crippen LogP) is 5.67. The van der Waals surface area contributed by atoms with Crippen LogP contribution in [-0.4, -0.2) is 53.2 Å². The van der Waals surface area contributed by atoms with Crippen molar-refractivity contribution < 1.29 is 9.50 Å². The molecule has 0 radical (unpaired) electrons. The Morgan fingerprint density at radius 1 is 0.921 bits per heavy atom. The van der Waals surface area contributed by atoms with Crippen molar-refractivity contribution in [1.29, 1.82) is 0 Å². The molecule has 0 amide bonds. The van der Waals surface area contributed by atoms with Crippen LogP contribution in [0.5, 0.6) is 5.75 Å². The lowest BCUT2D eigenvalue weighted by Gasteiger charge is -2.14. The Bertz CT molecular complexity index is 1780. The normalized spacial score (nSPS) is 14.1. The third-order valence-electron chi connectivity index (χ3n) is 7.12. The number of aromatic amines is 2. The minimum absolute atomic E-state index is 0.127. The number of likely N-dealkylation sites (tertiary alicyclic amines) is 1. The van der Waals surface area contributed by atoms with E-state index in [0.29, 0.717) is 11.2 Å². The van der Waals surface area contributed by atoms with Crippen LogP contribution in [0.15, 0.2) is 67.3 Å². The monoisotopic (exact) mass is 505 g/mol. The molecule has 1 saturated heterocycles. The van der Waals surface area contributed by atoms with Crippen LogP contribution in [0.4, 0.5) is 4.39 Å². The van der Waals surface area contributed by atoms with Gasteiger partial charge in [0.25, 0.3) is 0 Å². The average Bonchev–Trinajstić information content (AvgIpc) is 3.67. The Labute approximate surface area is 217 Å². The van der Waals surface area contributed by atoms with Crippen LogP contribution < -0.4 is 0 Å². The van der Waals surface area contributed by atoms with Gasteiger partial charge in [-0.15, -0.1) is 0 Å². The Balaban J connectivity index is 1.28. The first kappa shape index (κ1) is 22.6. The molecule has 9 heteroatoms. The minimum Gasteiger partial charge on any atom is -0.508 e. The number of halogens is 1. The number of benzene rings is 1. The SMILES string of the molecule is Oc1cc(F)cc(-c2ccnc3[nH]c(-c4n[nH]c5cnc(-c6cncc(CN7CCCC7)c6)cc45)cc23)c1. The molecule has 188 valence electrons. The van der Waals surface area contributed by atoms with E-state index in [4.69, 9.17) is 0 Å². The van der Waals surface area contributed by atoms with Gasteiger partial charge in [-0.05, 0) is 79.0 Å². The van der Waals surface area contributed by atoms with E-state index in [-0.39, 0.29) is 5.75 Å². The summed E-state index contributed by atoms with van der Waals surface area (Å²) in [7, 11) is 0. The van der Waals surface area contributed by atoms with Crippen molar-refractivity contribution in [2.75, 3.05) is 13.1 Å². The van der Waals surface area contributed by atoms with Crippen LogP contribution in [0.1, 0.15) is 18.4 Å². The van der Waals surface area contributed by atoms with Crippen molar-refractivity contribution in [3.8, 4) is 39.5 Å². The number of aromatic hydroxyl groups is 1. The number of hydrogen-bond acceptors (Lipinski definition) is 6. The van der Waals surface area contributed by atoms with E-state index >= 15 is 0 Å². The Morgan fingerprint density at radius 3 is 2.68 bits per heavy atom. The molecule has 0 aliphatic carbocycles. The van der Waals surface area contributed by atoms with Gasteiger partial charge in [-0.2, -0.15) is 5.10 Å². The highest BCUT2D eigenvalue weighted by atomic mass is 19.1. The number of nitrogens with zero attached hydrogens (tertiary/aromatic N) is 5. The van der Waals surface area contributed by atoms with Crippen LogP contribution in [-0.2, 0) is 6.54 Å². The van der Waals surface area contributed by atoms with Gasteiger partial charge < -0.3 is 10.1 Å². The van der Waals surface area contributed by atoms with Crippen molar-refractivity contribution in [2.24, 2.45) is 0 Å². The minimum atomic E-state index is -0.502. The number of pyridine rings is 3. The average molecular weight is 506 g/mol. The van der Waals surface area contributed by atoms with Crippen molar-refractivity contribution in [2.45, 2.75) is 19.4 Å². The van der Waals surface area contributed by atoms with Gasteiger partial charge in [0, 0.05) is 47.5 Å².